The van der Waals surface area contributed by atoms with Crippen LogP contribution in [0, 0.1) is 0 Å². The molecule has 1 N–H and O–H groups in total. The van der Waals surface area contributed by atoms with E-state index in [4.69, 9.17) is 9.47 Å². The van der Waals surface area contributed by atoms with Crippen LogP contribution in [0.1, 0.15) is 25.3 Å². The van der Waals surface area contributed by atoms with Gasteiger partial charge >= 0.3 is 0 Å². The third-order valence-electron chi connectivity index (χ3n) is 3.61. The fourth-order valence-corrected chi connectivity index (χ4v) is 2.46. The molecule has 1 aliphatic rings. The second kappa shape index (κ2) is 5.07. The number of methoxy groups -OCH3 is 1. The Morgan fingerprint density at radius 3 is 3.00 bits per heavy atom. The molecule has 1 heterocycles. The van der Waals surface area contributed by atoms with Crippen molar-refractivity contribution in [2.75, 3.05) is 20.8 Å². The zero-order chi connectivity index (χ0) is 12.3. The molecule has 0 bridgehead atoms. The molecular weight excluding hydrogens is 214 g/mol. The Bertz CT molecular complexity index is 380. The molecule has 2 rings (SSSR count). The van der Waals surface area contributed by atoms with Gasteiger partial charge in [-0.2, -0.15) is 0 Å². The van der Waals surface area contributed by atoms with Gasteiger partial charge in [0.15, 0.2) is 0 Å². The maximum absolute atomic E-state index is 5.99. The monoisotopic (exact) mass is 235 g/mol. The van der Waals surface area contributed by atoms with Crippen LogP contribution in [0.4, 0.5) is 0 Å². The molecule has 0 saturated carbocycles. The molecule has 1 aliphatic heterocycles. The molecule has 1 aromatic carbocycles. The molecule has 17 heavy (non-hydrogen) atoms. The molecule has 3 heteroatoms. The Balaban J connectivity index is 2.23. The maximum Gasteiger partial charge on any atom is 0.119 e. The molecule has 0 radical (unpaired) electrons. The van der Waals surface area contributed by atoms with Crippen molar-refractivity contribution < 1.29 is 9.47 Å². The quantitative estimate of drug-likeness (QED) is 0.872. The summed E-state index contributed by atoms with van der Waals surface area (Å²) in [6.45, 7) is 2.96. The van der Waals surface area contributed by atoms with Crippen LogP contribution in [0.3, 0.4) is 0 Å². The van der Waals surface area contributed by atoms with Crippen molar-refractivity contribution in [3.05, 3.63) is 29.8 Å². The SMILES string of the molecule is CNC1CCOC(C)(c2cccc(OC)c2)C1. The van der Waals surface area contributed by atoms with Gasteiger partial charge in [0.05, 0.1) is 12.7 Å². The summed E-state index contributed by atoms with van der Waals surface area (Å²) in [4.78, 5) is 0. The van der Waals surface area contributed by atoms with E-state index >= 15 is 0 Å². The number of rotatable bonds is 3. The van der Waals surface area contributed by atoms with Gasteiger partial charge in [-0.25, -0.2) is 0 Å². The summed E-state index contributed by atoms with van der Waals surface area (Å²) in [6, 6.07) is 8.69. The first-order valence-electron chi connectivity index (χ1n) is 6.14. The second-order valence-corrected chi connectivity index (χ2v) is 4.79. The molecule has 0 amide bonds. The molecule has 1 aromatic rings. The molecule has 2 atom stereocenters. The number of benzene rings is 1. The Hall–Kier alpha value is -1.06. The lowest BCUT2D eigenvalue weighted by Crippen LogP contribution is -2.42. The lowest BCUT2D eigenvalue weighted by Gasteiger charge is -2.38. The predicted molar refractivity (Wildman–Crippen MR) is 68.4 cm³/mol. The van der Waals surface area contributed by atoms with E-state index < -0.39 is 0 Å². The van der Waals surface area contributed by atoms with Crippen molar-refractivity contribution in [1.82, 2.24) is 5.32 Å². The summed E-state index contributed by atoms with van der Waals surface area (Å²) in [7, 11) is 3.71. The summed E-state index contributed by atoms with van der Waals surface area (Å²) in [5, 5.41) is 3.35. The second-order valence-electron chi connectivity index (χ2n) is 4.79. The molecule has 1 saturated heterocycles. The van der Waals surface area contributed by atoms with E-state index in [1.165, 1.54) is 5.56 Å². The van der Waals surface area contributed by atoms with Crippen LogP contribution in [0.2, 0.25) is 0 Å². The first-order valence-corrected chi connectivity index (χ1v) is 6.14. The number of hydrogen-bond acceptors (Lipinski definition) is 3. The van der Waals surface area contributed by atoms with Crippen LogP contribution in [-0.2, 0) is 10.3 Å². The summed E-state index contributed by atoms with van der Waals surface area (Å²) in [5.74, 6) is 0.888. The van der Waals surface area contributed by atoms with Gasteiger partial charge in [0.2, 0.25) is 0 Å². The van der Waals surface area contributed by atoms with Crippen LogP contribution in [0.25, 0.3) is 0 Å². The zero-order valence-corrected chi connectivity index (χ0v) is 10.8. The zero-order valence-electron chi connectivity index (χ0n) is 10.8. The summed E-state index contributed by atoms with van der Waals surface area (Å²) >= 11 is 0. The van der Waals surface area contributed by atoms with E-state index in [-0.39, 0.29) is 5.60 Å². The minimum Gasteiger partial charge on any atom is -0.497 e. The average molecular weight is 235 g/mol. The Morgan fingerprint density at radius 1 is 1.47 bits per heavy atom. The van der Waals surface area contributed by atoms with Crippen molar-refractivity contribution in [2.24, 2.45) is 0 Å². The highest BCUT2D eigenvalue weighted by atomic mass is 16.5. The van der Waals surface area contributed by atoms with Crippen molar-refractivity contribution in [3.63, 3.8) is 0 Å². The van der Waals surface area contributed by atoms with Crippen molar-refractivity contribution >= 4 is 0 Å². The van der Waals surface area contributed by atoms with Crippen molar-refractivity contribution in [2.45, 2.75) is 31.4 Å². The van der Waals surface area contributed by atoms with Gasteiger partial charge in [0, 0.05) is 12.6 Å². The number of ether oxygens (including phenoxy) is 2. The van der Waals surface area contributed by atoms with Crippen LogP contribution >= 0.6 is 0 Å². The largest absolute Gasteiger partial charge is 0.497 e. The van der Waals surface area contributed by atoms with Crippen molar-refractivity contribution in [1.29, 1.82) is 0 Å². The van der Waals surface area contributed by atoms with E-state index in [0.29, 0.717) is 6.04 Å². The minimum atomic E-state index is -0.208. The molecule has 0 aromatic heterocycles. The third kappa shape index (κ3) is 2.61. The fraction of sp³-hybridized carbons (Fsp3) is 0.571. The number of nitrogens with one attached hydrogen (secondary N) is 1. The molecule has 2 unspecified atom stereocenters. The molecule has 1 fully saturated rings. The molecule has 0 spiro atoms. The minimum absolute atomic E-state index is 0.208. The van der Waals surface area contributed by atoms with Gasteiger partial charge in [0.25, 0.3) is 0 Å². The van der Waals surface area contributed by atoms with E-state index in [1.54, 1.807) is 7.11 Å². The first kappa shape index (κ1) is 12.4. The Morgan fingerprint density at radius 2 is 2.29 bits per heavy atom. The highest BCUT2D eigenvalue weighted by molar-refractivity contribution is 5.32. The Kier molecular flexibility index (Phi) is 3.69. The van der Waals surface area contributed by atoms with Gasteiger partial charge in [-0.1, -0.05) is 12.1 Å². The van der Waals surface area contributed by atoms with E-state index in [0.717, 1.165) is 25.2 Å². The van der Waals surface area contributed by atoms with Crippen LogP contribution < -0.4 is 10.1 Å². The van der Waals surface area contributed by atoms with E-state index in [1.807, 2.05) is 19.2 Å². The van der Waals surface area contributed by atoms with Gasteiger partial charge in [0.1, 0.15) is 5.75 Å². The lowest BCUT2D eigenvalue weighted by atomic mass is 9.85. The Labute approximate surface area is 103 Å². The maximum atomic E-state index is 5.99. The topological polar surface area (TPSA) is 30.5 Å². The third-order valence-corrected chi connectivity index (χ3v) is 3.61. The molecule has 0 aliphatic carbocycles. The molecule has 3 nitrogen and oxygen atoms in total. The summed E-state index contributed by atoms with van der Waals surface area (Å²) in [6.07, 6.45) is 2.08. The van der Waals surface area contributed by atoms with E-state index in [9.17, 15) is 0 Å². The van der Waals surface area contributed by atoms with Gasteiger partial charge in [-0.3, -0.25) is 0 Å². The van der Waals surface area contributed by atoms with E-state index in [2.05, 4.69) is 24.4 Å². The lowest BCUT2D eigenvalue weighted by molar-refractivity contribution is -0.0805. The highest BCUT2D eigenvalue weighted by Gasteiger charge is 2.34. The molecular formula is C14H21NO2. The normalized spacial score (nSPS) is 29.0. The predicted octanol–water partition coefficient (Wildman–Crippen LogP) is 2.31. The summed E-state index contributed by atoms with van der Waals surface area (Å²) in [5.41, 5.74) is 0.984. The first-order chi connectivity index (χ1) is 8.18. The van der Waals surface area contributed by atoms with Crippen LogP contribution in [0.15, 0.2) is 24.3 Å². The summed E-state index contributed by atoms with van der Waals surface area (Å²) < 4.78 is 11.3. The van der Waals surface area contributed by atoms with Crippen molar-refractivity contribution in [3.8, 4) is 5.75 Å². The average Bonchev–Trinajstić information content (AvgIpc) is 2.39. The standard InChI is InChI=1S/C14H21NO2/c1-14(10-12(15-2)7-8-17-14)11-5-4-6-13(9-11)16-3/h4-6,9,12,15H,7-8,10H2,1-3H3. The smallest absolute Gasteiger partial charge is 0.119 e. The van der Waals surface area contributed by atoms with Gasteiger partial charge < -0.3 is 14.8 Å². The highest BCUT2D eigenvalue weighted by Crippen LogP contribution is 2.35. The van der Waals surface area contributed by atoms with Gasteiger partial charge in [-0.05, 0) is 44.5 Å². The fourth-order valence-electron chi connectivity index (χ4n) is 2.46. The molecule has 94 valence electrons. The number of hydrogen-bond donors (Lipinski definition) is 1. The van der Waals surface area contributed by atoms with Crippen LogP contribution in [-0.4, -0.2) is 26.8 Å². The van der Waals surface area contributed by atoms with Gasteiger partial charge in [-0.15, -0.1) is 0 Å². The van der Waals surface area contributed by atoms with Crippen LogP contribution in [0.5, 0.6) is 5.75 Å².